The minimum atomic E-state index is -0.436. The van der Waals surface area contributed by atoms with Gasteiger partial charge in [-0.05, 0) is 26.0 Å². The lowest BCUT2D eigenvalue weighted by Crippen LogP contribution is -2.07. The van der Waals surface area contributed by atoms with Gasteiger partial charge in [0.25, 0.3) is 0 Å². The number of nitrogens with zero attached hydrogens (tertiary/aromatic N) is 1. The summed E-state index contributed by atoms with van der Waals surface area (Å²) in [4.78, 5) is 15.4. The Morgan fingerprint density at radius 2 is 2.06 bits per heavy atom. The molecule has 0 N–H and O–H groups in total. The summed E-state index contributed by atoms with van der Waals surface area (Å²) in [6.45, 7) is 8.25. The maximum Gasteiger partial charge on any atom is 0.356 e. The van der Waals surface area contributed by atoms with Gasteiger partial charge in [-0.1, -0.05) is 6.58 Å². The van der Waals surface area contributed by atoms with Crippen molar-refractivity contribution < 1.29 is 14.3 Å². The van der Waals surface area contributed by atoms with Gasteiger partial charge in [0, 0.05) is 11.8 Å². The molecule has 1 aromatic heterocycles. The Labute approximate surface area is 94.9 Å². The summed E-state index contributed by atoms with van der Waals surface area (Å²) in [6, 6.07) is 3.34. The van der Waals surface area contributed by atoms with E-state index < -0.39 is 5.97 Å². The number of ether oxygens (including phenoxy) is 2. The molecule has 1 aromatic rings. The number of hydrogen-bond acceptors (Lipinski definition) is 4. The van der Waals surface area contributed by atoms with Crippen molar-refractivity contribution in [1.82, 2.24) is 4.98 Å². The standard InChI is InChI=1S/C12H15NO3/c1-4-15-9(3)10-6-7-13-11(8-10)12(14)16-5-2/h6-8H,3-5H2,1-2H3. The summed E-state index contributed by atoms with van der Waals surface area (Å²) >= 11 is 0. The quantitative estimate of drug-likeness (QED) is 0.565. The first-order chi connectivity index (χ1) is 7.69. The highest BCUT2D eigenvalue weighted by Crippen LogP contribution is 2.14. The fraction of sp³-hybridized carbons (Fsp3) is 0.333. The molecule has 0 spiro atoms. The first kappa shape index (κ1) is 12.2. The second-order valence-electron chi connectivity index (χ2n) is 3.01. The maximum atomic E-state index is 11.4. The molecule has 0 amide bonds. The zero-order valence-corrected chi connectivity index (χ0v) is 9.53. The van der Waals surface area contributed by atoms with E-state index in [2.05, 4.69) is 11.6 Å². The van der Waals surface area contributed by atoms with Gasteiger partial charge in [-0.15, -0.1) is 0 Å². The molecule has 0 unspecified atom stereocenters. The van der Waals surface area contributed by atoms with Crippen molar-refractivity contribution in [3.63, 3.8) is 0 Å². The molecular weight excluding hydrogens is 206 g/mol. The lowest BCUT2D eigenvalue weighted by atomic mass is 10.2. The highest BCUT2D eigenvalue weighted by molar-refractivity contribution is 5.88. The first-order valence-electron chi connectivity index (χ1n) is 5.14. The molecule has 0 saturated carbocycles. The van der Waals surface area contributed by atoms with Crippen molar-refractivity contribution in [2.75, 3.05) is 13.2 Å². The largest absolute Gasteiger partial charge is 0.494 e. The Morgan fingerprint density at radius 3 is 2.69 bits per heavy atom. The minimum absolute atomic E-state index is 0.264. The third-order valence-corrected chi connectivity index (χ3v) is 1.89. The number of aromatic nitrogens is 1. The average molecular weight is 221 g/mol. The van der Waals surface area contributed by atoms with Gasteiger partial charge in [-0.2, -0.15) is 0 Å². The minimum Gasteiger partial charge on any atom is -0.494 e. The highest BCUT2D eigenvalue weighted by Gasteiger charge is 2.09. The monoisotopic (exact) mass is 221 g/mol. The average Bonchev–Trinajstić information content (AvgIpc) is 2.30. The molecule has 0 aliphatic rings. The van der Waals surface area contributed by atoms with E-state index in [9.17, 15) is 4.79 Å². The Kier molecular flexibility index (Phi) is 4.51. The van der Waals surface area contributed by atoms with E-state index in [1.807, 2.05) is 6.92 Å². The van der Waals surface area contributed by atoms with Gasteiger partial charge in [0.1, 0.15) is 11.5 Å². The summed E-state index contributed by atoms with van der Waals surface area (Å²) in [7, 11) is 0. The van der Waals surface area contributed by atoms with Crippen LogP contribution in [0.5, 0.6) is 0 Å². The van der Waals surface area contributed by atoms with E-state index in [-0.39, 0.29) is 5.69 Å². The molecule has 4 nitrogen and oxygen atoms in total. The molecule has 0 aromatic carbocycles. The van der Waals surface area contributed by atoms with Gasteiger partial charge in [0.2, 0.25) is 0 Å². The fourth-order valence-corrected chi connectivity index (χ4v) is 1.18. The second kappa shape index (κ2) is 5.90. The lowest BCUT2D eigenvalue weighted by molar-refractivity contribution is 0.0519. The molecule has 4 heteroatoms. The normalized spacial score (nSPS) is 9.62. The molecule has 0 fully saturated rings. The summed E-state index contributed by atoms with van der Waals surface area (Å²) in [5, 5.41) is 0. The number of carbonyl (C=O) groups is 1. The molecular formula is C12H15NO3. The second-order valence-corrected chi connectivity index (χ2v) is 3.01. The zero-order chi connectivity index (χ0) is 12.0. The van der Waals surface area contributed by atoms with Crippen molar-refractivity contribution >= 4 is 11.7 Å². The SMILES string of the molecule is C=C(OCC)c1ccnc(C(=O)OCC)c1. The number of esters is 1. The predicted octanol–water partition coefficient (Wildman–Crippen LogP) is 2.27. The smallest absolute Gasteiger partial charge is 0.356 e. The van der Waals surface area contributed by atoms with Crippen LogP contribution >= 0.6 is 0 Å². The van der Waals surface area contributed by atoms with Crippen LogP contribution in [0.15, 0.2) is 24.9 Å². The number of carbonyl (C=O) groups excluding carboxylic acids is 1. The molecule has 16 heavy (non-hydrogen) atoms. The number of pyridine rings is 1. The van der Waals surface area contributed by atoms with Crippen molar-refractivity contribution in [2.24, 2.45) is 0 Å². The molecule has 0 saturated heterocycles. The van der Waals surface area contributed by atoms with E-state index in [4.69, 9.17) is 9.47 Å². The van der Waals surface area contributed by atoms with Crippen LogP contribution in [-0.4, -0.2) is 24.2 Å². The van der Waals surface area contributed by atoms with E-state index in [0.29, 0.717) is 19.0 Å². The van der Waals surface area contributed by atoms with Crippen molar-refractivity contribution in [3.8, 4) is 0 Å². The molecule has 1 rings (SSSR count). The van der Waals surface area contributed by atoms with E-state index in [1.54, 1.807) is 19.1 Å². The van der Waals surface area contributed by atoms with Gasteiger partial charge in [-0.3, -0.25) is 0 Å². The summed E-state index contributed by atoms with van der Waals surface area (Å²) in [5.74, 6) is 0.0871. The maximum absolute atomic E-state index is 11.4. The highest BCUT2D eigenvalue weighted by atomic mass is 16.5. The predicted molar refractivity (Wildman–Crippen MR) is 60.9 cm³/mol. The van der Waals surface area contributed by atoms with Crippen LogP contribution < -0.4 is 0 Å². The molecule has 0 atom stereocenters. The van der Waals surface area contributed by atoms with E-state index >= 15 is 0 Å². The number of rotatable bonds is 5. The third-order valence-electron chi connectivity index (χ3n) is 1.89. The van der Waals surface area contributed by atoms with Crippen LogP contribution in [0.3, 0.4) is 0 Å². The van der Waals surface area contributed by atoms with E-state index in [0.717, 1.165) is 5.56 Å². The molecule has 0 aliphatic heterocycles. The molecule has 0 radical (unpaired) electrons. The van der Waals surface area contributed by atoms with Gasteiger partial charge in [0.15, 0.2) is 0 Å². The molecule has 86 valence electrons. The molecule has 0 bridgehead atoms. The van der Waals surface area contributed by atoms with Crippen molar-refractivity contribution in [2.45, 2.75) is 13.8 Å². The Balaban J connectivity index is 2.86. The van der Waals surface area contributed by atoms with E-state index in [1.165, 1.54) is 6.20 Å². The third kappa shape index (κ3) is 3.08. The van der Waals surface area contributed by atoms with Crippen LogP contribution in [0.2, 0.25) is 0 Å². The zero-order valence-electron chi connectivity index (χ0n) is 9.53. The molecule has 1 heterocycles. The van der Waals surface area contributed by atoms with Crippen LogP contribution in [-0.2, 0) is 9.47 Å². The van der Waals surface area contributed by atoms with Crippen LogP contribution in [0.4, 0.5) is 0 Å². The summed E-state index contributed by atoms with van der Waals surface area (Å²) < 4.78 is 10.1. The van der Waals surface area contributed by atoms with Gasteiger partial charge >= 0.3 is 5.97 Å². The first-order valence-corrected chi connectivity index (χ1v) is 5.14. The van der Waals surface area contributed by atoms with Crippen LogP contribution in [0.1, 0.15) is 29.9 Å². The Morgan fingerprint density at radius 1 is 1.38 bits per heavy atom. The summed E-state index contributed by atoms with van der Waals surface area (Å²) in [5.41, 5.74) is 1.00. The Hall–Kier alpha value is -1.84. The fourth-order valence-electron chi connectivity index (χ4n) is 1.18. The Bertz CT molecular complexity index is 354. The lowest BCUT2D eigenvalue weighted by Gasteiger charge is -2.07. The molecule has 0 aliphatic carbocycles. The topological polar surface area (TPSA) is 48.4 Å². The number of hydrogen-bond donors (Lipinski definition) is 0. The van der Waals surface area contributed by atoms with Gasteiger partial charge in [-0.25, -0.2) is 9.78 Å². The van der Waals surface area contributed by atoms with Crippen LogP contribution in [0, 0.1) is 0 Å². The van der Waals surface area contributed by atoms with Gasteiger partial charge in [0.05, 0.1) is 13.2 Å². The summed E-state index contributed by atoms with van der Waals surface area (Å²) in [6.07, 6.45) is 1.53. The van der Waals surface area contributed by atoms with Crippen molar-refractivity contribution in [1.29, 1.82) is 0 Å². The van der Waals surface area contributed by atoms with Crippen LogP contribution in [0.25, 0.3) is 5.76 Å². The van der Waals surface area contributed by atoms with Crippen molar-refractivity contribution in [3.05, 3.63) is 36.2 Å². The van der Waals surface area contributed by atoms with Gasteiger partial charge < -0.3 is 9.47 Å².